The lowest BCUT2D eigenvalue weighted by Gasteiger charge is -2.38. The number of piperidine rings is 1. The number of carbonyl (C=O) groups excluding carboxylic acids is 1. The second-order valence-electron chi connectivity index (χ2n) is 9.82. The third kappa shape index (κ3) is 10.6. The molecule has 0 saturated carbocycles. The van der Waals surface area contributed by atoms with Crippen LogP contribution >= 0.6 is 36.3 Å². The zero-order valence-electron chi connectivity index (χ0n) is 23.4. The third-order valence-electron chi connectivity index (χ3n) is 6.61. The predicted molar refractivity (Wildman–Crippen MR) is 169 cm³/mol. The van der Waals surface area contributed by atoms with E-state index in [0.29, 0.717) is 22.2 Å². The molecule has 4 rings (SSSR count). The van der Waals surface area contributed by atoms with E-state index in [1.54, 1.807) is 24.3 Å². The van der Waals surface area contributed by atoms with Crippen molar-refractivity contribution in [3.05, 3.63) is 59.8 Å². The van der Waals surface area contributed by atoms with Gasteiger partial charge in [-0.3, -0.25) is 14.9 Å². The number of ether oxygens (including phenoxy) is 1. The fourth-order valence-corrected chi connectivity index (χ4v) is 5.66. The number of unbranched alkanes of at least 4 members (excludes halogenated alkanes) is 1. The molecule has 0 radical (unpaired) electrons. The first-order valence-corrected chi connectivity index (χ1v) is 15.8. The zero-order chi connectivity index (χ0) is 27.8. The monoisotopic (exact) mass is 644 g/mol. The molecule has 226 valence electrons. The standard InChI is InChI=1S/C27H36N6O4S2.2ClH/c1-4-5-16-33(27(34)28-26-20(2)29-31-38-26)23-14-17-32(18-15-23)19-21-6-10-24(11-7-21)37-25-12-8-22(9-13-25)30-39(3,35)36;;/h6-13,23,30H,4-5,14-19H2,1-3H3,(H,28,34);2*1H. The van der Waals surface area contributed by atoms with Gasteiger partial charge in [0.1, 0.15) is 16.5 Å². The molecule has 3 aromatic rings. The van der Waals surface area contributed by atoms with E-state index in [-0.39, 0.29) is 36.9 Å². The SMILES string of the molecule is CCCCN(C(=O)Nc1snnc1C)C1CCN(Cc2ccc(Oc3ccc(NS(C)(=O)=O)cc3)cc2)CC1.Cl.Cl. The maximum absolute atomic E-state index is 13.1. The molecular weight excluding hydrogens is 607 g/mol. The second kappa shape index (κ2) is 16.1. The number of nitrogens with one attached hydrogen (secondary N) is 2. The highest BCUT2D eigenvalue weighted by Crippen LogP contribution is 2.26. The van der Waals surface area contributed by atoms with E-state index < -0.39 is 10.0 Å². The topological polar surface area (TPSA) is 117 Å². The first-order chi connectivity index (χ1) is 18.7. The average molecular weight is 646 g/mol. The Morgan fingerprint density at radius 1 is 1.07 bits per heavy atom. The second-order valence-corrected chi connectivity index (χ2v) is 12.3. The Labute approximate surface area is 258 Å². The summed E-state index contributed by atoms with van der Waals surface area (Å²) < 4.78 is 35.0. The summed E-state index contributed by atoms with van der Waals surface area (Å²) in [5, 5.41) is 7.72. The summed E-state index contributed by atoms with van der Waals surface area (Å²) in [5.74, 6) is 1.34. The number of benzene rings is 2. The van der Waals surface area contributed by atoms with E-state index in [9.17, 15) is 13.2 Å². The third-order valence-corrected chi connectivity index (χ3v) is 7.96. The number of anilines is 2. The normalized spacial score (nSPS) is 13.9. The van der Waals surface area contributed by atoms with Crippen molar-refractivity contribution < 1.29 is 17.9 Å². The number of aromatic nitrogens is 2. The van der Waals surface area contributed by atoms with Gasteiger partial charge in [-0.25, -0.2) is 13.2 Å². The van der Waals surface area contributed by atoms with E-state index >= 15 is 0 Å². The van der Waals surface area contributed by atoms with Gasteiger partial charge in [-0.05, 0) is 68.1 Å². The van der Waals surface area contributed by atoms with Crippen molar-refractivity contribution in [3.8, 4) is 11.5 Å². The maximum atomic E-state index is 13.1. The molecule has 2 aromatic carbocycles. The van der Waals surface area contributed by atoms with Gasteiger partial charge in [0.15, 0.2) is 0 Å². The largest absolute Gasteiger partial charge is 0.457 e. The molecule has 0 unspecified atom stereocenters. The summed E-state index contributed by atoms with van der Waals surface area (Å²) in [7, 11) is -3.31. The van der Waals surface area contributed by atoms with E-state index in [0.717, 1.165) is 63.8 Å². The molecule has 2 heterocycles. The lowest BCUT2D eigenvalue weighted by Crippen LogP contribution is -2.49. The maximum Gasteiger partial charge on any atom is 0.322 e. The first kappa shape index (κ1) is 34.6. The Morgan fingerprint density at radius 3 is 2.22 bits per heavy atom. The molecule has 1 aliphatic rings. The summed E-state index contributed by atoms with van der Waals surface area (Å²) in [4.78, 5) is 17.5. The summed E-state index contributed by atoms with van der Waals surface area (Å²) >= 11 is 1.21. The van der Waals surface area contributed by atoms with Crippen LogP contribution in [-0.2, 0) is 16.6 Å². The van der Waals surface area contributed by atoms with Gasteiger partial charge < -0.3 is 9.64 Å². The van der Waals surface area contributed by atoms with Crippen molar-refractivity contribution >= 4 is 63.1 Å². The first-order valence-electron chi connectivity index (χ1n) is 13.1. The Kier molecular flexibility index (Phi) is 13.6. The number of hydrogen-bond donors (Lipinski definition) is 2. The van der Waals surface area contributed by atoms with E-state index in [1.165, 1.54) is 17.1 Å². The predicted octanol–water partition coefficient (Wildman–Crippen LogP) is 6.15. The lowest BCUT2D eigenvalue weighted by molar-refractivity contribution is 0.122. The minimum atomic E-state index is -3.31. The highest BCUT2D eigenvalue weighted by molar-refractivity contribution is 7.92. The number of urea groups is 1. The minimum absolute atomic E-state index is 0. The van der Waals surface area contributed by atoms with Gasteiger partial charge in [0.2, 0.25) is 10.0 Å². The van der Waals surface area contributed by atoms with Crippen LogP contribution in [0.1, 0.15) is 43.9 Å². The highest BCUT2D eigenvalue weighted by Gasteiger charge is 2.28. The van der Waals surface area contributed by atoms with Gasteiger partial charge in [-0.15, -0.1) is 29.9 Å². The van der Waals surface area contributed by atoms with Crippen molar-refractivity contribution in [2.24, 2.45) is 0 Å². The lowest BCUT2D eigenvalue weighted by atomic mass is 10.0. The molecule has 0 bridgehead atoms. The van der Waals surface area contributed by atoms with Crippen LogP contribution in [0.5, 0.6) is 11.5 Å². The van der Waals surface area contributed by atoms with Crippen molar-refractivity contribution in [3.63, 3.8) is 0 Å². The number of amides is 2. The molecule has 14 heteroatoms. The van der Waals surface area contributed by atoms with E-state index in [1.807, 2.05) is 24.0 Å². The number of halogens is 2. The van der Waals surface area contributed by atoms with Crippen LogP contribution in [0.4, 0.5) is 15.5 Å². The number of likely N-dealkylation sites (tertiary alicyclic amines) is 1. The molecule has 1 saturated heterocycles. The Hall–Kier alpha value is -2.64. The molecular formula is C27H38Cl2N6O4S2. The van der Waals surface area contributed by atoms with Crippen LogP contribution in [0.25, 0.3) is 0 Å². The number of aryl methyl sites for hydroxylation is 1. The quantitative estimate of drug-likeness (QED) is 0.257. The van der Waals surface area contributed by atoms with Crippen molar-refractivity contribution in [2.45, 2.75) is 52.1 Å². The van der Waals surface area contributed by atoms with Gasteiger partial charge in [-0.2, -0.15) is 0 Å². The van der Waals surface area contributed by atoms with Crippen LogP contribution in [-0.4, -0.2) is 65.8 Å². The summed E-state index contributed by atoms with van der Waals surface area (Å²) in [6, 6.07) is 14.9. The average Bonchev–Trinajstić information content (AvgIpc) is 3.30. The zero-order valence-corrected chi connectivity index (χ0v) is 26.7. The molecule has 1 aliphatic heterocycles. The molecule has 0 spiro atoms. The molecule has 2 amide bonds. The fraction of sp³-hybridized carbons (Fsp3) is 0.444. The Morgan fingerprint density at radius 2 is 1.68 bits per heavy atom. The smallest absolute Gasteiger partial charge is 0.322 e. The number of carbonyl (C=O) groups is 1. The van der Waals surface area contributed by atoms with Crippen LogP contribution in [0.15, 0.2) is 48.5 Å². The molecule has 1 fully saturated rings. The number of hydrogen-bond acceptors (Lipinski definition) is 8. The van der Waals surface area contributed by atoms with Crippen LogP contribution in [0.3, 0.4) is 0 Å². The Bertz CT molecular complexity index is 1330. The van der Waals surface area contributed by atoms with Gasteiger partial charge in [-0.1, -0.05) is 30.0 Å². The van der Waals surface area contributed by atoms with Gasteiger partial charge in [0, 0.05) is 49.4 Å². The van der Waals surface area contributed by atoms with Crippen LogP contribution in [0.2, 0.25) is 0 Å². The summed E-state index contributed by atoms with van der Waals surface area (Å²) in [6.07, 6.45) is 5.00. The van der Waals surface area contributed by atoms with Gasteiger partial charge >= 0.3 is 6.03 Å². The van der Waals surface area contributed by atoms with E-state index in [2.05, 4.69) is 43.6 Å². The van der Waals surface area contributed by atoms with Crippen LogP contribution in [0, 0.1) is 6.92 Å². The number of nitrogens with zero attached hydrogens (tertiary/aromatic N) is 4. The molecule has 10 nitrogen and oxygen atoms in total. The van der Waals surface area contributed by atoms with Crippen molar-refractivity contribution in [2.75, 3.05) is 35.9 Å². The highest BCUT2D eigenvalue weighted by atomic mass is 35.5. The molecule has 0 atom stereocenters. The summed E-state index contributed by atoms with van der Waals surface area (Å²) in [6.45, 7) is 7.43. The number of sulfonamides is 1. The molecule has 2 N–H and O–H groups in total. The van der Waals surface area contributed by atoms with Gasteiger partial charge in [0.05, 0.1) is 11.9 Å². The van der Waals surface area contributed by atoms with Crippen molar-refractivity contribution in [1.29, 1.82) is 0 Å². The molecule has 1 aromatic heterocycles. The van der Waals surface area contributed by atoms with Gasteiger partial charge in [0.25, 0.3) is 0 Å². The van der Waals surface area contributed by atoms with Crippen molar-refractivity contribution in [1.82, 2.24) is 19.4 Å². The van der Waals surface area contributed by atoms with E-state index in [4.69, 9.17) is 4.74 Å². The van der Waals surface area contributed by atoms with Crippen LogP contribution < -0.4 is 14.8 Å². The molecule has 41 heavy (non-hydrogen) atoms. The Balaban J connectivity index is 0.00000294. The number of rotatable bonds is 11. The summed E-state index contributed by atoms with van der Waals surface area (Å²) in [5.41, 5.74) is 2.43. The molecule has 0 aliphatic carbocycles. The fourth-order valence-electron chi connectivity index (χ4n) is 4.55. The minimum Gasteiger partial charge on any atom is -0.457 e.